The second kappa shape index (κ2) is 5.51. The molecule has 0 heterocycles. The molecule has 2 rings (SSSR count). The zero-order valence-electron chi connectivity index (χ0n) is 9.31. The quantitative estimate of drug-likeness (QED) is 0.500. The first-order valence-electron chi connectivity index (χ1n) is 5.34. The van der Waals surface area contributed by atoms with Crippen molar-refractivity contribution in [3.05, 3.63) is 54.6 Å². The van der Waals surface area contributed by atoms with Crippen LogP contribution in [0.25, 0.3) is 11.1 Å². The molecule has 86 valence electrons. The van der Waals surface area contributed by atoms with E-state index in [1.54, 1.807) is 0 Å². The Morgan fingerprint density at radius 3 is 2.41 bits per heavy atom. The Hall–Kier alpha value is -1.80. The van der Waals surface area contributed by atoms with Gasteiger partial charge in [-0.25, -0.2) is 4.99 Å². The summed E-state index contributed by atoms with van der Waals surface area (Å²) < 4.78 is 0. The highest BCUT2D eigenvalue weighted by Crippen LogP contribution is 2.23. The van der Waals surface area contributed by atoms with Crippen LogP contribution in [0.1, 0.15) is 0 Å². The van der Waals surface area contributed by atoms with E-state index >= 15 is 0 Å². The molecule has 0 aliphatic heterocycles. The Bertz CT molecular complexity index is 521. The SMILES string of the molecule is NC(CCl)=Nc1cccc(-c2ccccc2)c1. The third-order valence-corrected chi connectivity index (χ3v) is 2.64. The maximum Gasteiger partial charge on any atom is 0.115 e. The van der Waals surface area contributed by atoms with Crippen molar-refractivity contribution < 1.29 is 0 Å². The molecule has 0 bridgehead atoms. The van der Waals surface area contributed by atoms with Crippen molar-refractivity contribution >= 4 is 23.1 Å². The van der Waals surface area contributed by atoms with Crippen molar-refractivity contribution in [1.82, 2.24) is 0 Å². The second-order valence-electron chi connectivity index (χ2n) is 3.65. The Kier molecular flexibility index (Phi) is 3.78. The Balaban J connectivity index is 2.36. The van der Waals surface area contributed by atoms with Crippen LogP contribution in [-0.4, -0.2) is 11.7 Å². The zero-order valence-corrected chi connectivity index (χ0v) is 10.1. The zero-order chi connectivity index (χ0) is 12.1. The molecular formula is C14H13ClN2. The smallest absolute Gasteiger partial charge is 0.115 e. The van der Waals surface area contributed by atoms with Gasteiger partial charge in [-0.05, 0) is 23.3 Å². The summed E-state index contributed by atoms with van der Waals surface area (Å²) in [4.78, 5) is 4.23. The van der Waals surface area contributed by atoms with Crippen LogP contribution in [0.15, 0.2) is 59.6 Å². The average Bonchev–Trinajstić information content (AvgIpc) is 2.40. The average molecular weight is 245 g/mol. The predicted molar refractivity (Wildman–Crippen MR) is 73.9 cm³/mol. The van der Waals surface area contributed by atoms with Gasteiger partial charge in [0.05, 0.1) is 11.6 Å². The number of halogens is 1. The number of amidine groups is 1. The number of nitrogens with two attached hydrogens (primary N) is 1. The molecule has 0 fully saturated rings. The van der Waals surface area contributed by atoms with Crippen molar-refractivity contribution in [2.24, 2.45) is 10.7 Å². The summed E-state index contributed by atoms with van der Waals surface area (Å²) in [6, 6.07) is 18.1. The normalized spacial score (nSPS) is 11.5. The second-order valence-corrected chi connectivity index (χ2v) is 3.92. The van der Waals surface area contributed by atoms with Crippen LogP contribution < -0.4 is 5.73 Å². The van der Waals surface area contributed by atoms with E-state index in [0.717, 1.165) is 16.8 Å². The lowest BCUT2D eigenvalue weighted by atomic mass is 10.1. The van der Waals surface area contributed by atoms with Crippen molar-refractivity contribution in [3.63, 3.8) is 0 Å². The lowest BCUT2D eigenvalue weighted by Crippen LogP contribution is -2.12. The lowest BCUT2D eigenvalue weighted by Gasteiger charge is -2.03. The minimum Gasteiger partial charge on any atom is -0.386 e. The van der Waals surface area contributed by atoms with Crippen LogP contribution in [-0.2, 0) is 0 Å². The van der Waals surface area contributed by atoms with E-state index in [4.69, 9.17) is 17.3 Å². The standard InChI is InChI=1S/C14H13ClN2/c15-10-14(16)17-13-8-4-7-12(9-13)11-5-2-1-3-6-11/h1-9H,10H2,(H2,16,17). The molecule has 2 aromatic carbocycles. The number of alkyl halides is 1. The van der Waals surface area contributed by atoms with Gasteiger partial charge in [0.1, 0.15) is 5.84 Å². The van der Waals surface area contributed by atoms with Gasteiger partial charge in [0.15, 0.2) is 0 Å². The summed E-state index contributed by atoms with van der Waals surface area (Å²) in [5, 5.41) is 0. The van der Waals surface area contributed by atoms with Crippen LogP contribution in [0.4, 0.5) is 5.69 Å². The summed E-state index contributed by atoms with van der Waals surface area (Å²) in [5.74, 6) is 0.673. The van der Waals surface area contributed by atoms with Gasteiger partial charge in [-0.2, -0.15) is 0 Å². The third-order valence-electron chi connectivity index (χ3n) is 2.36. The van der Waals surface area contributed by atoms with Gasteiger partial charge in [-0.15, -0.1) is 11.6 Å². The fourth-order valence-electron chi connectivity index (χ4n) is 1.58. The molecule has 0 saturated carbocycles. The minimum absolute atomic E-state index is 0.246. The number of hydrogen-bond donors (Lipinski definition) is 1. The molecule has 0 atom stereocenters. The van der Waals surface area contributed by atoms with Crippen LogP contribution in [0.2, 0.25) is 0 Å². The van der Waals surface area contributed by atoms with Gasteiger partial charge in [-0.3, -0.25) is 0 Å². The molecular weight excluding hydrogens is 232 g/mol. The maximum absolute atomic E-state index is 5.61. The van der Waals surface area contributed by atoms with Crippen LogP contribution in [0.5, 0.6) is 0 Å². The van der Waals surface area contributed by atoms with E-state index < -0.39 is 0 Å². The molecule has 0 amide bonds. The van der Waals surface area contributed by atoms with Gasteiger partial charge in [0.25, 0.3) is 0 Å². The number of rotatable bonds is 3. The van der Waals surface area contributed by atoms with E-state index in [9.17, 15) is 0 Å². The van der Waals surface area contributed by atoms with Crippen LogP contribution in [0.3, 0.4) is 0 Å². The monoisotopic (exact) mass is 244 g/mol. The summed E-state index contributed by atoms with van der Waals surface area (Å²) in [5.41, 5.74) is 8.72. The van der Waals surface area contributed by atoms with E-state index in [0.29, 0.717) is 5.84 Å². The molecule has 0 saturated heterocycles. The Morgan fingerprint density at radius 1 is 1.00 bits per heavy atom. The highest BCUT2D eigenvalue weighted by molar-refractivity contribution is 6.28. The highest BCUT2D eigenvalue weighted by atomic mass is 35.5. The maximum atomic E-state index is 5.61. The van der Waals surface area contributed by atoms with Crippen LogP contribution >= 0.6 is 11.6 Å². The molecule has 0 unspecified atom stereocenters. The molecule has 2 nitrogen and oxygen atoms in total. The molecule has 0 aromatic heterocycles. The number of hydrogen-bond acceptors (Lipinski definition) is 1. The number of aliphatic imine (C=N–C) groups is 1. The van der Waals surface area contributed by atoms with Crippen molar-refractivity contribution in [3.8, 4) is 11.1 Å². The molecule has 0 aliphatic rings. The number of nitrogens with zero attached hydrogens (tertiary/aromatic N) is 1. The first-order chi connectivity index (χ1) is 8.29. The van der Waals surface area contributed by atoms with E-state index in [-0.39, 0.29) is 5.88 Å². The van der Waals surface area contributed by atoms with E-state index in [2.05, 4.69) is 17.1 Å². The lowest BCUT2D eigenvalue weighted by molar-refractivity contribution is 1.45. The fourth-order valence-corrected chi connectivity index (χ4v) is 1.64. The Labute approximate surface area is 106 Å². The van der Waals surface area contributed by atoms with Crippen molar-refractivity contribution in [2.45, 2.75) is 0 Å². The first kappa shape index (κ1) is 11.7. The fraction of sp³-hybridized carbons (Fsp3) is 0.0714. The van der Waals surface area contributed by atoms with Crippen molar-refractivity contribution in [2.75, 3.05) is 5.88 Å². The largest absolute Gasteiger partial charge is 0.386 e. The highest BCUT2D eigenvalue weighted by Gasteiger charge is 1.98. The summed E-state index contributed by atoms with van der Waals surface area (Å²) in [6.07, 6.45) is 0. The van der Waals surface area contributed by atoms with Crippen molar-refractivity contribution in [1.29, 1.82) is 0 Å². The van der Waals surface area contributed by atoms with Crippen LogP contribution in [0, 0.1) is 0 Å². The predicted octanol–water partition coefficient (Wildman–Crippen LogP) is 3.58. The molecule has 0 radical (unpaired) electrons. The third kappa shape index (κ3) is 3.08. The van der Waals surface area contributed by atoms with Gasteiger partial charge >= 0.3 is 0 Å². The molecule has 17 heavy (non-hydrogen) atoms. The molecule has 2 N–H and O–H groups in total. The molecule has 0 aliphatic carbocycles. The summed E-state index contributed by atoms with van der Waals surface area (Å²) >= 11 is 5.60. The van der Waals surface area contributed by atoms with E-state index in [1.165, 1.54) is 0 Å². The summed E-state index contributed by atoms with van der Waals surface area (Å²) in [7, 11) is 0. The molecule has 3 heteroatoms. The van der Waals surface area contributed by atoms with Gasteiger partial charge in [-0.1, -0.05) is 42.5 Å². The number of benzene rings is 2. The van der Waals surface area contributed by atoms with Gasteiger partial charge in [0.2, 0.25) is 0 Å². The molecule has 2 aromatic rings. The van der Waals surface area contributed by atoms with Gasteiger partial charge < -0.3 is 5.73 Å². The topological polar surface area (TPSA) is 38.4 Å². The first-order valence-corrected chi connectivity index (χ1v) is 5.87. The Morgan fingerprint density at radius 2 is 1.71 bits per heavy atom. The van der Waals surface area contributed by atoms with Gasteiger partial charge in [0, 0.05) is 0 Å². The summed E-state index contributed by atoms with van der Waals surface area (Å²) in [6.45, 7) is 0. The van der Waals surface area contributed by atoms with E-state index in [1.807, 2.05) is 42.5 Å². The minimum atomic E-state index is 0.246. The molecule has 0 spiro atoms.